The molecule has 84 valence electrons. The van der Waals surface area contributed by atoms with Gasteiger partial charge in [0.1, 0.15) is 5.75 Å². The highest BCUT2D eigenvalue weighted by Gasteiger charge is 2.20. The van der Waals surface area contributed by atoms with Crippen molar-refractivity contribution in [3.63, 3.8) is 0 Å². The SMILES string of the molecule is COc1ccc(C2CCC(C#N)CN2)cc1. The molecule has 2 unspecified atom stereocenters. The van der Waals surface area contributed by atoms with E-state index in [-0.39, 0.29) is 5.92 Å². The minimum atomic E-state index is 0.175. The van der Waals surface area contributed by atoms with Crippen molar-refractivity contribution in [2.75, 3.05) is 13.7 Å². The number of nitriles is 1. The van der Waals surface area contributed by atoms with Gasteiger partial charge in [-0.2, -0.15) is 5.26 Å². The monoisotopic (exact) mass is 216 g/mol. The predicted octanol–water partition coefficient (Wildman–Crippen LogP) is 2.26. The molecule has 1 aliphatic rings. The Morgan fingerprint density at radius 3 is 2.56 bits per heavy atom. The maximum Gasteiger partial charge on any atom is 0.118 e. The van der Waals surface area contributed by atoms with Gasteiger partial charge in [0.05, 0.1) is 19.1 Å². The van der Waals surface area contributed by atoms with E-state index in [1.165, 1.54) is 5.56 Å². The second-order valence-electron chi connectivity index (χ2n) is 4.14. The fourth-order valence-electron chi connectivity index (χ4n) is 2.09. The Bertz CT molecular complexity index is 372. The molecule has 0 radical (unpaired) electrons. The summed E-state index contributed by atoms with van der Waals surface area (Å²) in [7, 11) is 1.67. The van der Waals surface area contributed by atoms with Crippen molar-refractivity contribution >= 4 is 0 Å². The van der Waals surface area contributed by atoms with E-state index in [4.69, 9.17) is 10.00 Å². The first-order valence-electron chi connectivity index (χ1n) is 5.60. The first kappa shape index (κ1) is 11.0. The Balaban J connectivity index is 2.00. The molecule has 0 bridgehead atoms. The lowest BCUT2D eigenvalue weighted by Crippen LogP contribution is -2.32. The Morgan fingerprint density at radius 2 is 2.06 bits per heavy atom. The van der Waals surface area contributed by atoms with Crippen LogP contribution >= 0.6 is 0 Å². The van der Waals surface area contributed by atoms with Gasteiger partial charge in [0.15, 0.2) is 0 Å². The minimum Gasteiger partial charge on any atom is -0.497 e. The third-order valence-corrected chi connectivity index (χ3v) is 3.12. The van der Waals surface area contributed by atoms with Crippen LogP contribution in [-0.4, -0.2) is 13.7 Å². The molecular formula is C13H16N2O. The summed E-state index contributed by atoms with van der Waals surface area (Å²) in [6.45, 7) is 0.799. The number of rotatable bonds is 2. The molecule has 1 fully saturated rings. The average molecular weight is 216 g/mol. The van der Waals surface area contributed by atoms with Crippen molar-refractivity contribution in [3.8, 4) is 11.8 Å². The number of benzene rings is 1. The van der Waals surface area contributed by atoms with E-state index >= 15 is 0 Å². The normalized spacial score (nSPS) is 24.8. The largest absolute Gasteiger partial charge is 0.497 e. The van der Waals surface area contributed by atoms with E-state index in [0.717, 1.165) is 25.1 Å². The average Bonchev–Trinajstić information content (AvgIpc) is 2.39. The molecule has 2 rings (SSSR count). The van der Waals surface area contributed by atoms with Crippen LogP contribution in [0.2, 0.25) is 0 Å². The quantitative estimate of drug-likeness (QED) is 0.824. The third-order valence-electron chi connectivity index (χ3n) is 3.12. The van der Waals surface area contributed by atoms with E-state index in [9.17, 15) is 0 Å². The highest BCUT2D eigenvalue weighted by molar-refractivity contribution is 5.29. The molecular weight excluding hydrogens is 200 g/mol. The second kappa shape index (κ2) is 5.00. The summed E-state index contributed by atoms with van der Waals surface area (Å²) in [6, 6.07) is 10.8. The van der Waals surface area contributed by atoms with Gasteiger partial charge in [-0.15, -0.1) is 0 Å². The molecule has 1 saturated heterocycles. The van der Waals surface area contributed by atoms with Gasteiger partial charge in [-0.3, -0.25) is 0 Å². The summed E-state index contributed by atoms with van der Waals surface area (Å²) >= 11 is 0. The van der Waals surface area contributed by atoms with Crippen LogP contribution < -0.4 is 10.1 Å². The van der Waals surface area contributed by atoms with Gasteiger partial charge in [-0.25, -0.2) is 0 Å². The van der Waals surface area contributed by atoms with Crippen LogP contribution in [0.3, 0.4) is 0 Å². The van der Waals surface area contributed by atoms with Crippen LogP contribution in [0.4, 0.5) is 0 Å². The zero-order valence-electron chi connectivity index (χ0n) is 9.44. The van der Waals surface area contributed by atoms with E-state index in [1.807, 2.05) is 12.1 Å². The highest BCUT2D eigenvalue weighted by atomic mass is 16.5. The molecule has 0 saturated carbocycles. The Hall–Kier alpha value is -1.53. The van der Waals surface area contributed by atoms with E-state index < -0.39 is 0 Å². The zero-order chi connectivity index (χ0) is 11.4. The number of methoxy groups -OCH3 is 1. The maximum absolute atomic E-state index is 8.81. The standard InChI is InChI=1S/C13H16N2O/c1-16-12-5-3-11(4-6-12)13-7-2-10(8-14)9-15-13/h3-6,10,13,15H,2,7,9H2,1H3. The number of piperidine rings is 1. The molecule has 1 aliphatic heterocycles. The third kappa shape index (κ3) is 2.34. The summed E-state index contributed by atoms with van der Waals surface area (Å²) < 4.78 is 5.13. The minimum absolute atomic E-state index is 0.175. The van der Waals surface area contributed by atoms with E-state index in [0.29, 0.717) is 6.04 Å². The van der Waals surface area contributed by atoms with Crippen molar-refractivity contribution in [3.05, 3.63) is 29.8 Å². The Morgan fingerprint density at radius 1 is 1.31 bits per heavy atom. The van der Waals surface area contributed by atoms with E-state index in [2.05, 4.69) is 23.5 Å². The maximum atomic E-state index is 8.81. The zero-order valence-corrected chi connectivity index (χ0v) is 9.44. The molecule has 0 aliphatic carbocycles. The molecule has 1 aromatic carbocycles. The van der Waals surface area contributed by atoms with Crippen LogP contribution in [0, 0.1) is 17.2 Å². The molecule has 3 heteroatoms. The highest BCUT2D eigenvalue weighted by Crippen LogP contribution is 2.26. The number of ether oxygens (including phenoxy) is 1. The van der Waals surface area contributed by atoms with Crippen molar-refractivity contribution in [2.45, 2.75) is 18.9 Å². The number of hydrogen-bond donors (Lipinski definition) is 1. The summed E-state index contributed by atoms with van der Waals surface area (Å²) in [4.78, 5) is 0. The molecule has 0 aromatic heterocycles. The van der Waals surface area contributed by atoms with Crippen molar-refractivity contribution in [2.24, 2.45) is 5.92 Å². The summed E-state index contributed by atoms with van der Waals surface area (Å²) in [5, 5.41) is 12.2. The lowest BCUT2D eigenvalue weighted by atomic mass is 9.92. The lowest BCUT2D eigenvalue weighted by Gasteiger charge is -2.26. The Labute approximate surface area is 96.0 Å². The molecule has 3 nitrogen and oxygen atoms in total. The van der Waals surface area contributed by atoms with Crippen LogP contribution in [0.25, 0.3) is 0 Å². The van der Waals surface area contributed by atoms with Crippen LogP contribution in [0.5, 0.6) is 5.75 Å². The summed E-state index contributed by atoms with van der Waals surface area (Å²) in [5.41, 5.74) is 1.28. The first-order valence-corrected chi connectivity index (χ1v) is 5.60. The van der Waals surface area contributed by atoms with Crippen LogP contribution in [0.15, 0.2) is 24.3 Å². The molecule has 1 N–H and O–H groups in total. The second-order valence-corrected chi connectivity index (χ2v) is 4.14. The van der Waals surface area contributed by atoms with Gasteiger partial charge in [0.2, 0.25) is 0 Å². The number of nitrogens with one attached hydrogen (secondary N) is 1. The van der Waals surface area contributed by atoms with Crippen molar-refractivity contribution < 1.29 is 4.74 Å². The lowest BCUT2D eigenvalue weighted by molar-refractivity contribution is 0.361. The first-order chi connectivity index (χ1) is 7.83. The predicted molar refractivity (Wildman–Crippen MR) is 62.1 cm³/mol. The molecule has 2 atom stereocenters. The Kier molecular flexibility index (Phi) is 3.43. The van der Waals surface area contributed by atoms with Gasteiger partial charge in [-0.05, 0) is 30.5 Å². The molecule has 16 heavy (non-hydrogen) atoms. The van der Waals surface area contributed by atoms with Crippen LogP contribution in [0.1, 0.15) is 24.4 Å². The van der Waals surface area contributed by atoms with Gasteiger partial charge in [0.25, 0.3) is 0 Å². The molecule has 0 amide bonds. The fraction of sp³-hybridized carbons (Fsp3) is 0.462. The van der Waals surface area contributed by atoms with Crippen molar-refractivity contribution in [1.29, 1.82) is 5.26 Å². The van der Waals surface area contributed by atoms with Gasteiger partial charge >= 0.3 is 0 Å². The van der Waals surface area contributed by atoms with E-state index in [1.54, 1.807) is 7.11 Å². The number of hydrogen-bond acceptors (Lipinski definition) is 3. The van der Waals surface area contributed by atoms with Gasteiger partial charge < -0.3 is 10.1 Å². The van der Waals surface area contributed by atoms with Gasteiger partial charge in [0, 0.05) is 12.6 Å². The summed E-state index contributed by atoms with van der Waals surface area (Å²) in [5.74, 6) is 1.06. The molecule has 0 spiro atoms. The topological polar surface area (TPSA) is 45.0 Å². The fourth-order valence-corrected chi connectivity index (χ4v) is 2.09. The summed E-state index contributed by atoms with van der Waals surface area (Å²) in [6.07, 6.45) is 2.02. The molecule has 1 heterocycles. The smallest absolute Gasteiger partial charge is 0.118 e. The number of nitrogens with zero attached hydrogens (tertiary/aromatic N) is 1. The van der Waals surface area contributed by atoms with Gasteiger partial charge in [-0.1, -0.05) is 12.1 Å². The van der Waals surface area contributed by atoms with Crippen LogP contribution in [-0.2, 0) is 0 Å². The van der Waals surface area contributed by atoms with Crippen molar-refractivity contribution in [1.82, 2.24) is 5.32 Å². The molecule has 1 aromatic rings.